The van der Waals surface area contributed by atoms with Crippen molar-refractivity contribution < 1.29 is 14.3 Å². The van der Waals surface area contributed by atoms with Crippen LogP contribution in [0.3, 0.4) is 0 Å². The van der Waals surface area contributed by atoms with Crippen molar-refractivity contribution in [3.05, 3.63) is 0 Å². The molecule has 0 aromatic carbocycles. The van der Waals surface area contributed by atoms with Gasteiger partial charge in [0.1, 0.15) is 11.4 Å². The van der Waals surface area contributed by atoms with Crippen molar-refractivity contribution in [2.75, 3.05) is 6.54 Å². The number of Topliss-reactive ketones (excluding diaryl/α,β-unsaturated/α-hetero) is 1. The first-order chi connectivity index (χ1) is 9.69. The van der Waals surface area contributed by atoms with E-state index in [1.165, 1.54) is 0 Å². The van der Waals surface area contributed by atoms with Crippen molar-refractivity contribution in [3.8, 4) is 0 Å². The van der Waals surface area contributed by atoms with Crippen LogP contribution in [0, 0.1) is 17.8 Å². The van der Waals surface area contributed by atoms with E-state index in [0.29, 0.717) is 18.2 Å². The summed E-state index contributed by atoms with van der Waals surface area (Å²) in [4.78, 5) is 26.6. The maximum Gasteiger partial charge on any atom is 0.410 e. The van der Waals surface area contributed by atoms with E-state index in [9.17, 15) is 9.59 Å². The minimum Gasteiger partial charge on any atom is -0.444 e. The smallest absolute Gasteiger partial charge is 0.410 e. The molecular formula is C17H29NO3. The lowest BCUT2D eigenvalue weighted by atomic mass is 9.83. The summed E-state index contributed by atoms with van der Waals surface area (Å²) in [6.45, 7) is 10.5. The molecule has 3 atom stereocenters. The highest BCUT2D eigenvalue weighted by molar-refractivity contribution is 5.86. The Balaban J connectivity index is 2.09. The maximum absolute atomic E-state index is 12.4. The summed E-state index contributed by atoms with van der Waals surface area (Å²) in [6.07, 6.45) is 3.67. The first-order valence-electron chi connectivity index (χ1n) is 8.22. The summed E-state index contributed by atoms with van der Waals surface area (Å²) in [7, 11) is 0. The van der Waals surface area contributed by atoms with Crippen molar-refractivity contribution in [1.29, 1.82) is 0 Å². The van der Waals surface area contributed by atoms with Gasteiger partial charge in [0, 0.05) is 24.4 Å². The van der Waals surface area contributed by atoms with Crippen LogP contribution in [0.2, 0.25) is 0 Å². The van der Waals surface area contributed by atoms with Gasteiger partial charge in [-0.25, -0.2) is 4.79 Å². The fourth-order valence-electron chi connectivity index (χ4n) is 3.13. The zero-order valence-corrected chi connectivity index (χ0v) is 14.0. The van der Waals surface area contributed by atoms with E-state index in [4.69, 9.17) is 4.74 Å². The minimum atomic E-state index is -0.492. The number of rotatable bonds is 3. The molecule has 1 aliphatic carbocycles. The van der Waals surface area contributed by atoms with Crippen LogP contribution in [-0.4, -0.2) is 35.0 Å². The van der Waals surface area contributed by atoms with Crippen LogP contribution < -0.4 is 0 Å². The summed E-state index contributed by atoms with van der Waals surface area (Å²) in [5.74, 6) is 1.07. The SMILES string of the molecule is CC1CCN(C(=O)OC(C)(C)C)C(C(C)C(=O)C2CC2)C1. The van der Waals surface area contributed by atoms with Gasteiger partial charge in [-0.3, -0.25) is 4.79 Å². The van der Waals surface area contributed by atoms with E-state index < -0.39 is 5.60 Å². The number of piperidine rings is 1. The second-order valence-electron chi connectivity index (χ2n) is 7.84. The van der Waals surface area contributed by atoms with Gasteiger partial charge in [0.05, 0.1) is 0 Å². The summed E-state index contributed by atoms with van der Waals surface area (Å²) < 4.78 is 5.52. The van der Waals surface area contributed by atoms with Gasteiger partial charge in [0.25, 0.3) is 0 Å². The standard InChI is InChI=1S/C17H29NO3/c1-11-8-9-18(16(20)21-17(3,4)5)14(10-11)12(2)15(19)13-6-7-13/h11-14H,6-10H2,1-5H3. The molecule has 3 unspecified atom stereocenters. The van der Waals surface area contributed by atoms with E-state index in [1.807, 2.05) is 27.7 Å². The lowest BCUT2D eigenvalue weighted by molar-refractivity contribution is -0.126. The Kier molecular flexibility index (Phi) is 4.64. The van der Waals surface area contributed by atoms with Gasteiger partial charge in [0.2, 0.25) is 0 Å². The molecule has 0 bridgehead atoms. The third kappa shape index (κ3) is 4.21. The van der Waals surface area contributed by atoms with E-state index in [-0.39, 0.29) is 24.0 Å². The minimum absolute atomic E-state index is 0.00306. The molecule has 0 aromatic rings. The fraction of sp³-hybridized carbons (Fsp3) is 0.882. The quantitative estimate of drug-likeness (QED) is 0.798. The number of carbonyl (C=O) groups excluding carboxylic acids is 2. The van der Waals surface area contributed by atoms with Gasteiger partial charge in [0.15, 0.2) is 0 Å². The number of ether oxygens (including phenoxy) is 1. The number of amides is 1. The van der Waals surface area contributed by atoms with Gasteiger partial charge >= 0.3 is 6.09 Å². The number of carbonyl (C=O) groups is 2. The molecule has 4 nitrogen and oxygen atoms in total. The second-order valence-corrected chi connectivity index (χ2v) is 7.84. The zero-order valence-electron chi connectivity index (χ0n) is 14.0. The Morgan fingerprint density at radius 1 is 1.19 bits per heavy atom. The lowest BCUT2D eigenvalue weighted by Crippen LogP contribution is -2.52. The fourth-order valence-corrected chi connectivity index (χ4v) is 3.13. The molecule has 1 saturated heterocycles. The highest BCUT2D eigenvalue weighted by Gasteiger charge is 2.42. The number of hydrogen-bond donors (Lipinski definition) is 0. The molecule has 1 saturated carbocycles. The number of nitrogens with zero attached hydrogens (tertiary/aromatic N) is 1. The van der Waals surface area contributed by atoms with Crippen LogP contribution in [0.15, 0.2) is 0 Å². The van der Waals surface area contributed by atoms with Gasteiger partial charge < -0.3 is 9.64 Å². The van der Waals surface area contributed by atoms with Crippen LogP contribution >= 0.6 is 0 Å². The molecule has 2 aliphatic rings. The number of ketones is 1. The molecule has 0 aromatic heterocycles. The summed E-state index contributed by atoms with van der Waals surface area (Å²) in [5, 5.41) is 0. The molecule has 21 heavy (non-hydrogen) atoms. The Labute approximate surface area is 128 Å². The molecule has 2 rings (SSSR count). The molecule has 1 heterocycles. The van der Waals surface area contributed by atoms with Crippen LogP contribution in [0.4, 0.5) is 4.79 Å². The van der Waals surface area contributed by atoms with Crippen LogP contribution in [0.25, 0.3) is 0 Å². The predicted octanol–water partition coefficient (Wildman–Crippen LogP) is 3.64. The van der Waals surface area contributed by atoms with E-state index in [2.05, 4.69) is 6.92 Å². The summed E-state index contributed by atoms with van der Waals surface area (Å²) in [5.41, 5.74) is -0.492. The lowest BCUT2D eigenvalue weighted by Gasteiger charge is -2.41. The van der Waals surface area contributed by atoms with Crippen molar-refractivity contribution in [2.45, 2.75) is 71.9 Å². The summed E-state index contributed by atoms with van der Waals surface area (Å²) in [6, 6.07) is -0.00306. The monoisotopic (exact) mass is 295 g/mol. The first-order valence-corrected chi connectivity index (χ1v) is 8.22. The molecule has 1 aliphatic heterocycles. The predicted molar refractivity (Wildman–Crippen MR) is 82.0 cm³/mol. The van der Waals surface area contributed by atoms with Crippen LogP contribution in [0.5, 0.6) is 0 Å². The van der Waals surface area contributed by atoms with Crippen molar-refractivity contribution >= 4 is 11.9 Å². The van der Waals surface area contributed by atoms with Crippen LogP contribution in [0.1, 0.15) is 60.3 Å². The molecule has 0 N–H and O–H groups in total. The Morgan fingerprint density at radius 2 is 1.81 bits per heavy atom. The third-order valence-corrected chi connectivity index (χ3v) is 4.54. The summed E-state index contributed by atoms with van der Waals surface area (Å²) >= 11 is 0. The Hall–Kier alpha value is -1.06. The second kappa shape index (κ2) is 5.98. The molecule has 4 heteroatoms. The highest BCUT2D eigenvalue weighted by atomic mass is 16.6. The first kappa shape index (κ1) is 16.3. The van der Waals surface area contributed by atoms with Gasteiger partial charge in [-0.1, -0.05) is 13.8 Å². The highest BCUT2D eigenvalue weighted by Crippen LogP contribution is 2.37. The molecule has 120 valence electrons. The molecule has 0 spiro atoms. The Bertz CT molecular complexity index is 409. The largest absolute Gasteiger partial charge is 0.444 e. The molecule has 0 radical (unpaired) electrons. The van der Waals surface area contributed by atoms with E-state index in [1.54, 1.807) is 4.90 Å². The van der Waals surface area contributed by atoms with E-state index >= 15 is 0 Å². The third-order valence-electron chi connectivity index (χ3n) is 4.54. The zero-order chi connectivity index (χ0) is 15.8. The van der Waals surface area contributed by atoms with Crippen molar-refractivity contribution in [3.63, 3.8) is 0 Å². The average molecular weight is 295 g/mol. The maximum atomic E-state index is 12.4. The van der Waals surface area contributed by atoms with Crippen molar-refractivity contribution in [2.24, 2.45) is 17.8 Å². The normalized spacial score (nSPS) is 28.1. The van der Waals surface area contributed by atoms with Gasteiger partial charge in [-0.15, -0.1) is 0 Å². The topological polar surface area (TPSA) is 46.6 Å². The van der Waals surface area contributed by atoms with Gasteiger partial charge in [-0.05, 0) is 52.4 Å². The number of hydrogen-bond acceptors (Lipinski definition) is 3. The molecule has 2 fully saturated rings. The van der Waals surface area contributed by atoms with Gasteiger partial charge in [-0.2, -0.15) is 0 Å². The van der Waals surface area contributed by atoms with Crippen LogP contribution in [-0.2, 0) is 9.53 Å². The van der Waals surface area contributed by atoms with E-state index in [0.717, 1.165) is 25.7 Å². The molecular weight excluding hydrogens is 266 g/mol. The average Bonchev–Trinajstić information content (AvgIpc) is 3.18. The molecule has 1 amide bonds. The van der Waals surface area contributed by atoms with Crippen molar-refractivity contribution in [1.82, 2.24) is 4.90 Å². The number of likely N-dealkylation sites (tertiary alicyclic amines) is 1. The Morgan fingerprint density at radius 3 is 2.33 bits per heavy atom.